The van der Waals surface area contributed by atoms with Crippen molar-refractivity contribution in [2.24, 2.45) is 0 Å². The molecule has 124 valence electrons. The summed E-state index contributed by atoms with van der Waals surface area (Å²) in [5.74, 6) is 0.518. The Morgan fingerprint density at radius 1 is 0.957 bits per heavy atom. The lowest BCUT2D eigenvalue weighted by Gasteiger charge is -2.24. The number of nitrogens with zero attached hydrogens (tertiary/aromatic N) is 2. The molecule has 1 heterocycles. The number of rotatable bonds is 3. The van der Waals surface area contributed by atoms with Crippen LogP contribution in [0.15, 0.2) is 34.9 Å². The van der Waals surface area contributed by atoms with E-state index in [9.17, 15) is 0 Å². The van der Waals surface area contributed by atoms with Crippen molar-refractivity contribution in [3.05, 3.63) is 34.9 Å². The minimum absolute atomic E-state index is 0.315. The van der Waals surface area contributed by atoms with E-state index in [1.165, 1.54) is 0 Å². The Kier molecular flexibility index (Phi) is 4.99. The van der Waals surface area contributed by atoms with Crippen molar-refractivity contribution in [2.75, 3.05) is 0 Å². The van der Waals surface area contributed by atoms with E-state index in [1.54, 1.807) is 6.20 Å². The zero-order valence-corrected chi connectivity index (χ0v) is 16.1. The minimum Gasteiger partial charge on any atom is -0.471 e. The van der Waals surface area contributed by atoms with Crippen molar-refractivity contribution in [3.8, 4) is 23.0 Å². The van der Waals surface area contributed by atoms with E-state index in [0.717, 1.165) is 15.6 Å². The second-order valence-electron chi connectivity index (χ2n) is 7.31. The van der Waals surface area contributed by atoms with Gasteiger partial charge in [-0.2, -0.15) is 4.98 Å². The van der Waals surface area contributed by atoms with Gasteiger partial charge in [-0.1, -0.05) is 28.1 Å². The molecule has 0 N–H and O–H groups in total. The third-order valence-corrected chi connectivity index (χ3v) is 3.16. The average Bonchev–Trinajstić information content (AvgIpc) is 2.35. The predicted molar refractivity (Wildman–Crippen MR) is 95.9 cm³/mol. The summed E-state index contributed by atoms with van der Waals surface area (Å²) < 4.78 is 12.8. The van der Waals surface area contributed by atoms with E-state index in [-0.39, 0.29) is 11.2 Å². The first-order valence-corrected chi connectivity index (χ1v) is 8.34. The van der Waals surface area contributed by atoms with Crippen LogP contribution in [-0.4, -0.2) is 21.2 Å². The number of aromatic nitrogens is 2. The predicted octanol–water partition coefficient (Wildman–Crippen LogP) is 5.26. The molecule has 4 nitrogen and oxygen atoms in total. The SMILES string of the molecule is CC(C)(C)Oc1ncc(-c2cccc(Br)c2)c(OC(C)(C)C)n1. The molecule has 0 spiro atoms. The summed E-state index contributed by atoms with van der Waals surface area (Å²) in [6.07, 6.45) is 1.75. The first-order chi connectivity index (χ1) is 10.5. The molecule has 0 bridgehead atoms. The highest BCUT2D eigenvalue weighted by Gasteiger charge is 2.21. The summed E-state index contributed by atoms with van der Waals surface area (Å²) in [6, 6.07) is 8.28. The molecule has 0 fully saturated rings. The van der Waals surface area contributed by atoms with Gasteiger partial charge in [-0.3, -0.25) is 0 Å². The van der Waals surface area contributed by atoms with Crippen molar-refractivity contribution >= 4 is 15.9 Å². The molecule has 0 saturated heterocycles. The molecule has 0 atom stereocenters. The first kappa shape index (κ1) is 17.7. The quantitative estimate of drug-likeness (QED) is 0.730. The van der Waals surface area contributed by atoms with Gasteiger partial charge in [0.25, 0.3) is 0 Å². The van der Waals surface area contributed by atoms with Gasteiger partial charge in [-0.05, 0) is 59.2 Å². The Hall–Kier alpha value is -1.62. The number of ether oxygens (including phenoxy) is 2. The van der Waals surface area contributed by atoms with Crippen LogP contribution in [0, 0.1) is 0 Å². The highest BCUT2D eigenvalue weighted by atomic mass is 79.9. The lowest BCUT2D eigenvalue weighted by atomic mass is 10.1. The first-order valence-electron chi connectivity index (χ1n) is 7.54. The second-order valence-corrected chi connectivity index (χ2v) is 8.23. The molecule has 0 aliphatic heterocycles. The summed E-state index contributed by atoms with van der Waals surface area (Å²) in [4.78, 5) is 8.81. The van der Waals surface area contributed by atoms with Crippen molar-refractivity contribution < 1.29 is 9.47 Å². The summed E-state index contributed by atoms with van der Waals surface area (Å²) >= 11 is 3.49. The molecule has 0 radical (unpaired) electrons. The van der Waals surface area contributed by atoms with Crippen LogP contribution in [0.2, 0.25) is 0 Å². The molecule has 1 aromatic heterocycles. The molecule has 2 aromatic rings. The number of halogens is 1. The van der Waals surface area contributed by atoms with Crippen LogP contribution in [0.1, 0.15) is 41.5 Å². The molecular weight excluding hydrogens is 356 g/mol. The lowest BCUT2D eigenvalue weighted by Crippen LogP contribution is -2.26. The highest BCUT2D eigenvalue weighted by Crippen LogP contribution is 2.33. The maximum absolute atomic E-state index is 6.04. The van der Waals surface area contributed by atoms with Gasteiger partial charge in [0, 0.05) is 10.7 Å². The fourth-order valence-corrected chi connectivity index (χ4v) is 2.30. The second kappa shape index (κ2) is 6.48. The lowest BCUT2D eigenvalue weighted by molar-refractivity contribution is 0.103. The van der Waals surface area contributed by atoms with E-state index in [0.29, 0.717) is 11.9 Å². The van der Waals surface area contributed by atoms with Crippen LogP contribution in [0.4, 0.5) is 0 Å². The molecule has 1 aromatic carbocycles. The molecule has 0 unspecified atom stereocenters. The Balaban J connectivity index is 2.48. The normalized spacial score (nSPS) is 12.1. The topological polar surface area (TPSA) is 44.2 Å². The summed E-state index contributed by atoms with van der Waals surface area (Å²) in [6.45, 7) is 11.9. The summed E-state index contributed by atoms with van der Waals surface area (Å²) in [5, 5.41) is 0. The van der Waals surface area contributed by atoms with Crippen molar-refractivity contribution in [1.29, 1.82) is 0 Å². The highest BCUT2D eigenvalue weighted by molar-refractivity contribution is 9.10. The third kappa shape index (κ3) is 5.50. The molecule has 5 heteroatoms. The van der Waals surface area contributed by atoms with Crippen LogP contribution in [0.5, 0.6) is 11.9 Å². The van der Waals surface area contributed by atoms with Crippen LogP contribution in [-0.2, 0) is 0 Å². The van der Waals surface area contributed by atoms with Crippen LogP contribution in [0.3, 0.4) is 0 Å². The van der Waals surface area contributed by atoms with Gasteiger partial charge in [-0.15, -0.1) is 0 Å². The maximum atomic E-state index is 6.04. The van der Waals surface area contributed by atoms with Gasteiger partial charge in [0.15, 0.2) is 0 Å². The molecule has 0 aliphatic carbocycles. The number of benzene rings is 1. The van der Waals surface area contributed by atoms with Gasteiger partial charge in [0.05, 0.1) is 5.56 Å². The standard InChI is InChI=1S/C18H23BrN2O2/c1-17(2,3)22-15-14(12-8-7-9-13(19)10-12)11-20-16(21-15)23-18(4,5)6/h7-11H,1-6H3. The largest absolute Gasteiger partial charge is 0.471 e. The van der Waals surface area contributed by atoms with E-state index in [1.807, 2.05) is 65.8 Å². The van der Waals surface area contributed by atoms with E-state index in [4.69, 9.17) is 9.47 Å². The zero-order valence-electron chi connectivity index (χ0n) is 14.5. The smallest absolute Gasteiger partial charge is 0.320 e. The Bertz CT molecular complexity index is 688. The Morgan fingerprint density at radius 2 is 1.61 bits per heavy atom. The summed E-state index contributed by atoms with van der Waals surface area (Å²) in [5.41, 5.74) is 1.09. The molecule has 0 amide bonds. The van der Waals surface area contributed by atoms with Gasteiger partial charge < -0.3 is 9.47 Å². The molecule has 2 rings (SSSR count). The third-order valence-electron chi connectivity index (χ3n) is 2.67. The minimum atomic E-state index is -0.367. The molecule has 0 aliphatic rings. The van der Waals surface area contributed by atoms with Gasteiger partial charge in [0.2, 0.25) is 5.88 Å². The Labute approximate surface area is 146 Å². The van der Waals surface area contributed by atoms with Crippen molar-refractivity contribution in [3.63, 3.8) is 0 Å². The van der Waals surface area contributed by atoms with Crippen molar-refractivity contribution in [2.45, 2.75) is 52.7 Å². The number of hydrogen-bond donors (Lipinski definition) is 0. The van der Waals surface area contributed by atoms with Crippen LogP contribution in [0.25, 0.3) is 11.1 Å². The molecule has 0 saturated carbocycles. The monoisotopic (exact) mass is 378 g/mol. The maximum Gasteiger partial charge on any atom is 0.320 e. The van der Waals surface area contributed by atoms with E-state index in [2.05, 4.69) is 25.9 Å². The average molecular weight is 379 g/mol. The Morgan fingerprint density at radius 3 is 2.17 bits per heavy atom. The summed E-state index contributed by atoms with van der Waals surface area (Å²) in [7, 11) is 0. The van der Waals surface area contributed by atoms with Crippen LogP contribution >= 0.6 is 15.9 Å². The van der Waals surface area contributed by atoms with Gasteiger partial charge in [-0.25, -0.2) is 4.98 Å². The fraction of sp³-hybridized carbons (Fsp3) is 0.444. The van der Waals surface area contributed by atoms with E-state index < -0.39 is 0 Å². The molecule has 23 heavy (non-hydrogen) atoms. The van der Waals surface area contributed by atoms with Gasteiger partial charge in [0.1, 0.15) is 11.2 Å². The van der Waals surface area contributed by atoms with Gasteiger partial charge >= 0.3 is 6.01 Å². The van der Waals surface area contributed by atoms with E-state index >= 15 is 0 Å². The molecular formula is C18H23BrN2O2. The zero-order chi connectivity index (χ0) is 17.3. The van der Waals surface area contributed by atoms with Crippen molar-refractivity contribution in [1.82, 2.24) is 9.97 Å². The van der Waals surface area contributed by atoms with Crippen LogP contribution < -0.4 is 9.47 Å². The number of hydrogen-bond acceptors (Lipinski definition) is 4. The fourth-order valence-electron chi connectivity index (χ4n) is 1.90.